The number of epoxide rings is 1. The lowest BCUT2D eigenvalue weighted by Gasteiger charge is -2.27. The summed E-state index contributed by atoms with van der Waals surface area (Å²) >= 11 is 0. The van der Waals surface area contributed by atoms with Crippen LogP contribution >= 0.6 is 0 Å². The Morgan fingerprint density at radius 1 is 1.07 bits per heavy atom. The minimum atomic E-state index is -1.02. The van der Waals surface area contributed by atoms with Crippen molar-refractivity contribution in [3.63, 3.8) is 0 Å². The number of ether oxygens (including phenoxy) is 3. The van der Waals surface area contributed by atoms with E-state index in [0.717, 1.165) is 24.8 Å². The van der Waals surface area contributed by atoms with Crippen molar-refractivity contribution >= 4 is 23.5 Å². The summed E-state index contributed by atoms with van der Waals surface area (Å²) in [5, 5.41) is 8.39. The van der Waals surface area contributed by atoms with Gasteiger partial charge in [-0.05, 0) is 45.1 Å². The van der Waals surface area contributed by atoms with E-state index in [4.69, 9.17) is 14.2 Å². The third-order valence-corrected chi connectivity index (χ3v) is 7.65. The van der Waals surface area contributed by atoms with Crippen molar-refractivity contribution in [2.24, 2.45) is 0 Å². The van der Waals surface area contributed by atoms with Crippen LogP contribution in [0.5, 0.6) is 5.88 Å². The second-order valence-electron chi connectivity index (χ2n) is 11.1. The molecule has 12 nitrogen and oxygen atoms in total. The molecule has 3 aliphatic rings. The fourth-order valence-corrected chi connectivity index (χ4v) is 4.99. The highest BCUT2D eigenvalue weighted by Crippen LogP contribution is 2.31. The lowest BCUT2D eigenvalue weighted by Crippen LogP contribution is -2.57. The molecule has 2 fully saturated rings. The predicted molar refractivity (Wildman–Crippen MR) is 149 cm³/mol. The van der Waals surface area contributed by atoms with Gasteiger partial charge >= 0.3 is 0 Å². The first-order valence-corrected chi connectivity index (χ1v) is 14.2. The van der Waals surface area contributed by atoms with Crippen LogP contribution in [0, 0.1) is 0 Å². The lowest BCUT2D eigenvalue weighted by molar-refractivity contribution is -0.134. The molecule has 3 N–H and O–H groups in total. The monoisotopic (exact) mass is 571 g/mol. The molecule has 4 atom stereocenters. The number of Topliss-reactive ketones (excluding diaryl/α,β-unsaturated/α-hetero) is 1. The van der Waals surface area contributed by atoms with Gasteiger partial charge in [-0.3, -0.25) is 24.1 Å². The summed E-state index contributed by atoms with van der Waals surface area (Å²) in [7, 11) is 1.51. The number of amides is 3. The number of rotatable bonds is 14. The molecule has 3 heterocycles. The maximum absolute atomic E-state index is 13.7. The Morgan fingerprint density at radius 2 is 1.80 bits per heavy atom. The first-order chi connectivity index (χ1) is 19.7. The third kappa shape index (κ3) is 8.82. The summed E-state index contributed by atoms with van der Waals surface area (Å²) in [6.45, 7) is 6.18. The van der Waals surface area contributed by atoms with Crippen molar-refractivity contribution in [1.82, 2.24) is 25.8 Å². The van der Waals surface area contributed by atoms with Crippen molar-refractivity contribution < 1.29 is 33.4 Å². The molecule has 0 aromatic carbocycles. The van der Waals surface area contributed by atoms with Crippen molar-refractivity contribution in [1.29, 1.82) is 0 Å². The summed E-state index contributed by atoms with van der Waals surface area (Å²) in [6, 6.07) is 0.755. The summed E-state index contributed by atoms with van der Waals surface area (Å²) in [4.78, 5) is 58.8. The van der Waals surface area contributed by atoms with E-state index in [1.165, 1.54) is 7.11 Å². The highest BCUT2D eigenvalue weighted by Gasteiger charge is 2.50. The van der Waals surface area contributed by atoms with Gasteiger partial charge in [0.25, 0.3) is 0 Å². The molecule has 2 aliphatic heterocycles. The van der Waals surface area contributed by atoms with Gasteiger partial charge in [-0.15, -0.1) is 0 Å². The van der Waals surface area contributed by atoms with Crippen molar-refractivity contribution in [3.05, 3.63) is 35.5 Å². The summed E-state index contributed by atoms with van der Waals surface area (Å²) < 4.78 is 15.8. The van der Waals surface area contributed by atoms with Crippen LogP contribution in [0.15, 0.2) is 30.0 Å². The number of methoxy groups -OCH3 is 1. The van der Waals surface area contributed by atoms with E-state index in [1.54, 1.807) is 32.2 Å². The molecule has 1 aromatic heterocycles. The molecule has 224 valence electrons. The molecule has 3 amide bonds. The van der Waals surface area contributed by atoms with Crippen LogP contribution in [0.25, 0.3) is 0 Å². The maximum Gasteiger partial charge on any atom is 0.243 e. The van der Waals surface area contributed by atoms with Crippen molar-refractivity contribution in [3.8, 4) is 5.88 Å². The van der Waals surface area contributed by atoms with E-state index < -0.39 is 35.5 Å². The van der Waals surface area contributed by atoms with Crippen molar-refractivity contribution in [2.45, 2.75) is 69.7 Å². The van der Waals surface area contributed by atoms with E-state index >= 15 is 0 Å². The molecule has 1 aromatic rings. The van der Waals surface area contributed by atoms with Gasteiger partial charge in [0.15, 0.2) is 5.78 Å². The van der Waals surface area contributed by atoms with Gasteiger partial charge in [0.05, 0.1) is 39.5 Å². The molecule has 0 unspecified atom stereocenters. The highest BCUT2D eigenvalue weighted by atomic mass is 16.6. The number of carbonyl (C=O) groups excluding carboxylic acids is 4. The first kappa shape index (κ1) is 30.6. The van der Waals surface area contributed by atoms with E-state index in [-0.39, 0.29) is 24.7 Å². The zero-order chi connectivity index (χ0) is 29.4. The number of nitrogens with one attached hydrogen (secondary N) is 3. The van der Waals surface area contributed by atoms with Gasteiger partial charge in [-0.25, -0.2) is 4.98 Å². The molecule has 0 saturated carbocycles. The van der Waals surface area contributed by atoms with Gasteiger partial charge in [0.1, 0.15) is 17.7 Å². The van der Waals surface area contributed by atoms with E-state index in [9.17, 15) is 19.2 Å². The quantitative estimate of drug-likeness (QED) is 0.211. The minimum absolute atomic E-state index is 0.125. The second kappa shape index (κ2) is 14.0. The third-order valence-electron chi connectivity index (χ3n) is 7.65. The zero-order valence-corrected chi connectivity index (χ0v) is 24.1. The predicted octanol–water partition coefficient (Wildman–Crippen LogP) is 0.298. The van der Waals surface area contributed by atoms with Crippen LogP contribution in [-0.2, 0) is 35.1 Å². The molecular weight excluding hydrogens is 530 g/mol. The van der Waals surface area contributed by atoms with Crippen LogP contribution < -0.4 is 20.7 Å². The van der Waals surface area contributed by atoms with Gasteiger partial charge in [0.2, 0.25) is 23.6 Å². The average molecular weight is 572 g/mol. The Labute approximate surface area is 240 Å². The molecule has 12 heteroatoms. The Bertz CT molecular complexity index is 1130. The number of pyridine rings is 1. The topological polar surface area (TPSA) is 151 Å². The number of allylic oxidation sites excluding steroid dienone is 1. The molecule has 2 saturated heterocycles. The van der Waals surface area contributed by atoms with Crippen LogP contribution in [0.3, 0.4) is 0 Å². The number of carbonyl (C=O) groups is 4. The van der Waals surface area contributed by atoms with Crippen LogP contribution in [0.1, 0.15) is 45.1 Å². The van der Waals surface area contributed by atoms with Gasteiger partial charge in [-0.1, -0.05) is 17.7 Å². The van der Waals surface area contributed by atoms with Gasteiger partial charge in [0, 0.05) is 31.8 Å². The van der Waals surface area contributed by atoms with Crippen LogP contribution in [0.4, 0.5) is 0 Å². The Kier molecular flexibility index (Phi) is 10.5. The van der Waals surface area contributed by atoms with E-state index in [0.29, 0.717) is 50.8 Å². The fraction of sp³-hybridized carbons (Fsp3) is 0.621. The number of morpholine rings is 1. The van der Waals surface area contributed by atoms with Crippen LogP contribution in [0.2, 0.25) is 0 Å². The Morgan fingerprint density at radius 3 is 2.41 bits per heavy atom. The fourth-order valence-electron chi connectivity index (χ4n) is 4.99. The molecule has 0 radical (unpaired) electrons. The highest BCUT2D eigenvalue weighted by molar-refractivity contribution is 5.98. The van der Waals surface area contributed by atoms with E-state index in [1.807, 2.05) is 4.90 Å². The molecule has 4 rings (SSSR count). The molecule has 0 spiro atoms. The molecule has 41 heavy (non-hydrogen) atoms. The molecule has 0 bridgehead atoms. The summed E-state index contributed by atoms with van der Waals surface area (Å²) in [6.07, 6.45) is 7.09. The number of hydrogen-bond donors (Lipinski definition) is 3. The minimum Gasteiger partial charge on any atom is -0.481 e. The Hall–Kier alpha value is -3.35. The number of ketones is 1. The summed E-state index contributed by atoms with van der Waals surface area (Å²) in [5.74, 6) is -1.06. The summed E-state index contributed by atoms with van der Waals surface area (Å²) in [5.41, 5.74) is 0.910. The zero-order valence-electron chi connectivity index (χ0n) is 24.1. The normalized spacial score (nSPS) is 22.6. The number of hydrogen-bond acceptors (Lipinski definition) is 9. The second-order valence-corrected chi connectivity index (χ2v) is 11.1. The smallest absolute Gasteiger partial charge is 0.243 e. The number of aromatic nitrogens is 1. The average Bonchev–Trinajstić information content (AvgIpc) is 3.51. The SMILES string of the molecule is COc1ccc(C[C@H](NC(=O)[C@H](C)NC(=O)CN2CCOCC2)C(=O)N[C@@H](CC2=CCCC2)C(=O)[C@]2(C)CO2)cn1. The van der Waals surface area contributed by atoms with Gasteiger partial charge in [-0.2, -0.15) is 0 Å². The van der Waals surface area contributed by atoms with Crippen molar-refractivity contribution in [2.75, 3.05) is 46.6 Å². The largest absolute Gasteiger partial charge is 0.481 e. The van der Waals surface area contributed by atoms with E-state index in [2.05, 4.69) is 27.0 Å². The molecular formula is C29H41N5O7. The number of nitrogens with zero attached hydrogens (tertiary/aromatic N) is 2. The Balaban J connectivity index is 1.44. The standard InChI is InChI=1S/C29H41N5O7/c1-19(31-24(35)17-34-10-12-40-13-11-34)27(37)33-23(15-21-8-9-25(39-3)30-16-21)28(38)32-22(14-20-6-4-5-7-20)26(36)29(2)18-41-29/h6,8-9,16,19,22-23H,4-5,7,10-15,17-18H2,1-3H3,(H,31,35)(H,32,38)(H,33,37)/t19-,22-,23-,29-/m0/s1. The van der Waals surface area contributed by atoms with Gasteiger partial charge < -0.3 is 30.2 Å². The van der Waals surface area contributed by atoms with Crippen LogP contribution in [-0.4, -0.2) is 104 Å². The maximum atomic E-state index is 13.7. The molecule has 1 aliphatic carbocycles. The lowest BCUT2D eigenvalue weighted by atomic mass is 9.94. The first-order valence-electron chi connectivity index (χ1n) is 14.2.